The monoisotopic (exact) mass is 199 g/mol. The molecule has 6 heteroatoms. The van der Waals surface area contributed by atoms with Gasteiger partial charge in [0.1, 0.15) is 0 Å². The zero-order valence-corrected chi connectivity index (χ0v) is 7.12. The number of aromatic nitrogens is 1. The van der Waals surface area contributed by atoms with E-state index in [1.807, 2.05) is 0 Å². The molecular weight excluding hydrogens is 190 g/mol. The number of aliphatic hydroxyl groups excluding tert-OH is 1. The summed E-state index contributed by atoms with van der Waals surface area (Å²) in [6.45, 7) is -0.219. The second-order valence-electron chi connectivity index (χ2n) is 2.75. The first-order chi connectivity index (χ1) is 6.50. The smallest absolute Gasteiger partial charge is 0.334 e. The lowest BCUT2D eigenvalue weighted by molar-refractivity contribution is -0.147. The van der Waals surface area contributed by atoms with Gasteiger partial charge in [0, 0.05) is 18.5 Å². The average Bonchev–Trinajstić information content (AvgIpc) is 2.11. The van der Waals surface area contributed by atoms with Gasteiger partial charge in [-0.3, -0.25) is 4.79 Å². The van der Waals surface area contributed by atoms with Crippen molar-refractivity contribution >= 4 is 5.97 Å². The van der Waals surface area contributed by atoms with Crippen LogP contribution in [0.25, 0.3) is 0 Å². The quantitative estimate of drug-likeness (QED) is 0.579. The molecule has 0 aliphatic heterocycles. The highest BCUT2D eigenvalue weighted by molar-refractivity contribution is 5.71. The molecule has 1 unspecified atom stereocenters. The largest absolute Gasteiger partial charge is 0.503 e. The Morgan fingerprint density at radius 2 is 2.21 bits per heavy atom. The highest BCUT2D eigenvalue weighted by Gasteiger charge is 2.13. The third-order valence-electron chi connectivity index (χ3n) is 1.63. The average molecular weight is 199 g/mol. The van der Waals surface area contributed by atoms with Crippen molar-refractivity contribution in [3.8, 4) is 5.75 Å². The van der Waals surface area contributed by atoms with E-state index in [4.69, 9.17) is 15.3 Å². The Morgan fingerprint density at radius 3 is 2.71 bits per heavy atom. The molecule has 0 radical (unpaired) electrons. The highest BCUT2D eigenvalue weighted by atomic mass is 16.4. The van der Waals surface area contributed by atoms with E-state index >= 15 is 0 Å². The maximum Gasteiger partial charge on any atom is 0.334 e. The molecule has 0 spiro atoms. The van der Waals surface area contributed by atoms with E-state index < -0.39 is 23.3 Å². The summed E-state index contributed by atoms with van der Waals surface area (Å²) in [5.41, 5.74) is -0.550. The van der Waals surface area contributed by atoms with Crippen LogP contribution < -0.4 is 5.43 Å². The van der Waals surface area contributed by atoms with Gasteiger partial charge in [0.15, 0.2) is 11.9 Å². The molecule has 0 aliphatic carbocycles. The van der Waals surface area contributed by atoms with Gasteiger partial charge in [-0.2, -0.15) is 0 Å². The molecule has 1 atom stereocenters. The molecule has 0 fully saturated rings. The Kier molecular flexibility index (Phi) is 2.88. The van der Waals surface area contributed by atoms with E-state index in [0.717, 1.165) is 12.3 Å². The summed E-state index contributed by atoms with van der Waals surface area (Å²) in [7, 11) is 0. The molecule has 14 heavy (non-hydrogen) atoms. The number of aromatic hydroxyl groups is 1. The first kappa shape index (κ1) is 10.3. The lowest BCUT2D eigenvalue weighted by Gasteiger charge is -2.08. The van der Waals surface area contributed by atoms with Gasteiger partial charge >= 0.3 is 5.97 Å². The van der Waals surface area contributed by atoms with E-state index in [1.54, 1.807) is 0 Å². The number of carboxylic acids is 1. The van der Waals surface area contributed by atoms with Crippen molar-refractivity contribution in [2.24, 2.45) is 0 Å². The first-order valence-corrected chi connectivity index (χ1v) is 3.80. The number of nitrogens with zero attached hydrogens (tertiary/aromatic N) is 1. The normalized spacial score (nSPS) is 12.4. The van der Waals surface area contributed by atoms with Gasteiger partial charge < -0.3 is 19.9 Å². The van der Waals surface area contributed by atoms with Gasteiger partial charge in [0.2, 0.25) is 5.43 Å². The molecular formula is C8H9NO5. The van der Waals surface area contributed by atoms with Crippen molar-refractivity contribution in [3.05, 3.63) is 28.7 Å². The number of aliphatic hydroxyl groups is 1. The Hall–Kier alpha value is -1.82. The van der Waals surface area contributed by atoms with Crippen LogP contribution in [-0.4, -0.2) is 32.0 Å². The van der Waals surface area contributed by atoms with Gasteiger partial charge in [0.05, 0.1) is 6.54 Å². The Bertz CT molecular complexity index is 397. The molecule has 0 aromatic carbocycles. The molecule has 3 N–H and O–H groups in total. The fourth-order valence-corrected chi connectivity index (χ4v) is 0.904. The molecule has 1 heterocycles. The van der Waals surface area contributed by atoms with Crippen molar-refractivity contribution in [2.45, 2.75) is 12.6 Å². The van der Waals surface area contributed by atoms with Gasteiger partial charge in [-0.15, -0.1) is 0 Å². The first-order valence-electron chi connectivity index (χ1n) is 3.80. The second kappa shape index (κ2) is 3.93. The van der Waals surface area contributed by atoms with Crippen molar-refractivity contribution < 1.29 is 20.1 Å². The zero-order valence-electron chi connectivity index (χ0n) is 7.12. The van der Waals surface area contributed by atoms with Crippen LogP contribution >= 0.6 is 0 Å². The number of carbonyl (C=O) groups is 1. The Balaban J connectivity index is 2.83. The highest BCUT2D eigenvalue weighted by Crippen LogP contribution is 2.00. The van der Waals surface area contributed by atoms with Gasteiger partial charge in [-0.1, -0.05) is 0 Å². The van der Waals surface area contributed by atoms with E-state index in [1.165, 1.54) is 10.8 Å². The van der Waals surface area contributed by atoms with Gasteiger partial charge in [-0.05, 0) is 0 Å². The molecule has 1 aromatic heterocycles. The SMILES string of the molecule is O=C(O)C(O)Cn1ccc(=O)c(O)c1. The van der Waals surface area contributed by atoms with Crippen LogP contribution in [0, 0.1) is 0 Å². The minimum absolute atomic E-state index is 0.219. The Morgan fingerprint density at radius 1 is 1.57 bits per heavy atom. The number of hydrogen-bond donors (Lipinski definition) is 3. The number of aliphatic carboxylic acids is 1. The number of hydrogen-bond acceptors (Lipinski definition) is 4. The number of carboxylic acid groups (broad SMARTS) is 1. The molecule has 76 valence electrons. The molecule has 0 saturated carbocycles. The second-order valence-corrected chi connectivity index (χ2v) is 2.75. The summed E-state index contributed by atoms with van der Waals surface area (Å²) in [5.74, 6) is -1.84. The van der Waals surface area contributed by atoms with E-state index in [0.29, 0.717) is 0 Å². The third kappa shape index (κ3) is 2.33. The zero-order chi connectivity index (χ0) is 10.7. The van der Waals surface area contributed by atoms with Crippen LogP contribution in [0.3, 0.4) is 0 Å². The maximum atomic E-state index is 10.7. The summed E-state index contributed by atoms with van der Waals surface area (Å²) in [6, 6.07) is 1.09. The van der Waals surface area contributed by atoms with Crippen LogP contribution in [0.1, 0.15) is 0 Å². The third-order valence-corrected chi connectivity index (χ3v) is 1.63. The predicted molar refractivity (Wildman–Crippen MR) is 46.0 cm³/mol. The summed E-state index contributed by atoms with van der Waals surface area (Å²) in [5, 5.41) is 26.3. The lowest BCUT2D eigenvalue weighted by Crippen LogP contribution is -2.25. The van der Waals surface area contributed by atoms with Crippen molar-refractivity contribution in [3.63, 3.8) is 0 Å². The predicted octanol–water partition coefficient (Wildman–Crippen LogP) is -1.00. The van der Waals surface area contributed by atoms with Crippen molar-refractivity contribution in [2.75, 3.05) is 0 Å². The molecule has 0 saturated heterocycles. The minimum atomic E-state index is -1.56. The molecule has 0 aliphatic rings. The summed E-state index contributed by atoms with van der Waals surface area (Å²) in [4.78, 5) is 21.0. The van der Waals surface area contributed by atoms with E-state index in [9.17, 15) is 9.59 Å². The standard InChI is InChI=1S/C8H9NO5/c10-5-1-2-9(3-6(5)11)4-7(12)8(13)14/h1-3,7,11-12H,4H2,(H,13,14). The summed E-state index contributed by atoms with van der Waals surface area (Å²) < 4.78 is 1.22. The van der Waals surface area contributed by atoms with Gasteiger partial charge in [-0.25, -0.2) is 4.79 Å². The molecule has 1 aromatic rings. The van der Waals surface area contributed by atoms with Crippen LogP contribution in [0.2, 0.25) is 0 Å². The van der Waals surface area contributed by atoms with E-state index in [2.05, 4.69) is 0 Å². The molecule has 0 amide bonds. The van der Waals surface area contributed by atoms with Crippen LogP contribution in [-0.2, 0) is 11.3 Å². The number of rotatable bonds is 3. The minimum Gasteiger partial charge on any atom is -0.503 e. The van der Waals surface area contributed by atoms with Crippen molar-refractivity contribution in [1.29, 1.82) is 0 Å². The van der Waals surface area contributed by atoms with E-state index in [-0.39, 0.29) is 6.54 Å². The van der Waals surface area contributed by atoms with Gasteiger partial charge in [0.25, 0.3) is 0 Å². The molecule has 1 rings (SSSR count). The number of pyridine rings is 1. The maximum absolute atomic E-state index is 10.7. The van der Waals surface area contributed by atoms with Crippen LogP contribution in [0.4, 0.5) is 0 Å². The van der Waals surface area contributed by atoms with Crippen LogP contribution in [0.15, 0.2) is 23.3 Å². The van der Waals surface area contributed by atoms with Crippen LogP contribution in [0.5, 0.6) is 5.75 Å². The fourth-order valence-electron chi connectivity index (χ4n) is 0.904. The summed E-state index contributed by atoms with van der Waals surface area (Å²) >= 11 is 0. The lowest BCUT2D eigenvalue weighted by atomic mass is 10.3. The fraction of sp³-hybridized carbons (Fsp3) is 0.250. The molecule has 0 bridgehead atoms. The van der Waals surface area contributed by atoms with Crippen molar-refractivity contribution in [1.82, 2.24) is 4.57 Å². The topological polar surface area (TPSA) is 99.8 Å². The Labute approximate surface area is 78.7 Å². The molecule has 6 nitrogen and oxygen atoms in total. The summed E-state index contributed by atoms with van der Waals surface area (Å²) in [6.07, 6.45) is 0.791.